The van der Waals surface area contributed by atoms with Crippen molar-refractivity contribution in [1.82, 2.24) is 10.3 Å². The number of nitrogens with one attached hydrogen (secondary N) is 2. The number of hydrogen-bond donors (Lipinski definition) is 3. The molecule has 27 heavy (non-hydrogen) atoms. The van der Waals surface area contributed by atoms with E-state index in [1.807, 2.05) is 6.07 Å². The van der Waals surface area contributed by atoms with Crippen LogP contribution < -0.4 is 5.32 Å². The average Bonchev–Trinajstić information content (AvgIpc) is 3.26. The van der Waals surface area contributed by atoms with Crippen LogP contribution in [0.3, 0.4) is 0 Å². The fraction of sp³-hybridized carbons (Fsp3) is 0.200. The first-order chi connectivity index (χ1) is 13.0. The Balaban J connectivity index is 1.54. The third-order valence-electron chi connectivity index (χ3n) is 4.74. The maximum absolute atomic E-state index is 13.3. The van der Waals surface area contributed by atoms with E-state index < -0.39 is 17.9 Å². The van der Waals surface area contributed by atoms with Crippen LogP contribution in [-0.4, -0.2) is 28.0 Å². The number of aromatic amines is 1. The second-order valence-electron chi connectivity index (χ2n) is 6.55. The van der Waals surface area contributed by atoms with E-state index in [0.717, 1.165) is 16.5 Å². The molecule has 0 bridgehead atoms. The molecular formula is C20H17FN2O4. The first kappa shape index (κ1) is 17.2. The third kappa shape index (κ3) is 3.41. The van der Waals surface area contributed by atoms with Crippen LogP contribution in [0.2, 0.25) is 0 Å². The summed E-state index contributed by atoms with van der Waals surface area (Å²) in [5.41, 5.74) is 3.64. The van der Waals surface area contributed by atoms with Crippen molar-refractivity contribution in [2.24, 2.45) is 0 Å². The van der Waals surface area contributed by atoms with Crippen molar-refractivity contribution in [3.05, 3.63) is 70.7 Å². The van der Waals surface area contributed by atoms with Crippen LogP contribution in [0.4, 0.5) is 4.39 Å². The van der Waals surface area contributed by atoms with Gasteiger partial charge in [0.2, 0.25) is 0 Å². The fourth-order valence-electron chi connectivity index (χ4n) is 3.30. The Hall–Kier alpha value is -3.19. The number of halogens is 1. The number of ether oxygens (including phenoxy) is 1. The molecule has 4 rings (SSSR count). The normalized spacial score (nSPS) is 14.1. The molecule has 3 N–H and O–H groups in total. The van der Waals surface area contributed by atoms with Gasteiger partial charge >= 0.3 is 5.97 Å². The second kappa shape index (κ2) is 6.85. The highest BCUT2D eigenvalue weighted by molar-refractivity contribution is 5.97. The van der Waals surface area contributed by atoms with E-state index in [-0.39, 0.29) is 12.2 Å². The molecule has 1 atom stereocenters. The quantitative estimate of drug-likeness (QED) is 0.646. The van der Waals surface area contributed by atoms with Gasteiger partial charge in [-0.15, -0.1) is 0 Å². The van der Waals surface area contributed by atoms with E-state index in [1.54, 1.807) is 24.4 Å². The van der Waals surface area contributed by atoms with Gasteiger partial charge in [0.05, 0.1) is 13.2 Å². The molecule has 6 nitrogen and oxygen atoms in total. The third-order valence-corrected chi connectivity index (χ3v) is 4.74. The molecule has 7 heteroatoms. The number of amides is 1. The molecule has 1 aliphatic rings. The molecule has 1 amide bonds. The van der Waals surface area contributed by atoms with E-state index in [9.17, 15) is 19.1 Å². The van der Waals surface area contributed by atoms with Gasteiger partial charge in [-0.05, 0) is 47.0 Å². The zero-order valence-electron chi connectivity index (χ0n) is 14.3. The number of H-pyrrole nitrogens is 1. The Morgan fingerprint density at radius 2 is 2.00 bits per heavy atom. The maximum atomic E-state index is 13.3. The first-order valence-electron chi connectivity index (χ1n) is 8.50. The number of aromatic nitrogens is 1. The Labute approximate surface area is 154 Å². The van der Waals surface area contributed by atoms with Gasteiger partial charge in [-0.1, -0.05) is 6.07 Å². The Morgan fingerprint density at radius 1 is 1.19 bits per heavy atom. The van der Waals surface area contributed by atoms with Crippen molar-refractivity contribution in [2.45, 2.75) is 25.7 Å². The monoisotopic (exact) mass is 368 g/mol. The number of benzene rings is 2. The molecule has 138 valence electrons. The van der Waals surface area contributed by atoms with E-state index in [1.165, 1.54) is 12.1 Å². The Bertz CT molecular complexity index is 1040. The summed E-state index contributed by atoms with van der Waals surface area (Å²) in [4.78, 5) is 27.1. The van der Waals surface area contributed by atoms with Gasteiger partial charge in [-0.3, -0.25) is 4.79 Å². The molecule has 1 aliphatic heterocycles. The average molecular weight is 368 g/mol. The Morgan fingerprint density at radius 3 is 2.81 bits per heavy atom. The van der Waals surface area contributed by atoms with E-state index >= 15 is 0 Å². The number of hydrogen-bond acceptors (Lipinski definition) is 3. The topological polar surface area (TPSA) is 91.4 Å². The zero-order chi connectivity index (χ0) is 19.0. The van der Waals surface area contributed by atoms with Gasteiger partial charge in [0.25, 0.3) is 5.91 Å². The van der Waals surface area contributed by atoms with Crippen LogP contribution in [-0.2, 0) is 29.2 Å². The number of rotatable bonds is 5. The number of carbonyl (C=O) groups is 2. The second-order valence-corrected chi connectivity index (χ2v) is 6.55. The van der Waals surface area contributed by atoms with Crippen molar-refractivity contribution < 1.29 is 23.8 Å². The largest absolute Gasteiger partial charge is 0.480 e. The van der Waals surface area contributed by atoms with Gasteiger partial charge in [0.1, 0.15) is 11.9 Å². The van der Waals surface area contributed by atoms with Crippen molar-refractivity contribution >= 4 is 22.8 Å². The van der Waals surface area contributed by atoms with Gasteiger partial charge in [-0.25, -0.2) is 9.18 Å². The molecule has 0 spiro atoms. The maximum Gasteiger partial charge on any atom is 0.326 e. The van der Waals surface area contributed by atoms with E-state index in [0.29, 0.717) is 29.9 Å². The minimum absolute atomic E-state index is 0.0841. The summed E-state index contributed by atoms with van der Waals surface area (Å²) in [6, 6.07) is 8.37. The summed E-state index contributed by atoms with van der Waals surface area (Å²) in [5, 5.41) is 12.8. The minimum atomic E-state index is -1.13. The lowest BCUT2D eigenvalue weighted by molar-refractivity contribution is -0.139. The van der Waals surface area contributed by atoms with Crippen LogP contribution in [0.1, 0.15) is 27.0 Å². The number of carboxylic acids is 1. The molecule has 2 aromatic carbocycles. The Kier molecular flexibility index (Phi) is 4.37. The van der Waals surface area contributed by atoms with E-state index in [2.05, 4.69) is 10.3 Å². The molecule has 1 aromatic heterocycles. The van der Waals surface area contributed by atoms with Crippen molar-refractivity contribution in [2.75, 3.05) is 0 Å². The highest BCUT2D eigenvalue weighted by atomic mass is 19.1. The lowest BCUT2D eigenvalue weighted by Crippen LogP contribution is -2.42. The molecule has 0 saturated heterocycles. The number of aliphatic carboxylic acids is 1. The standard InChI is InChI=1S/C20H17FN2O4/c21-15-3-4-16-13(8-22-17(16)7-15)6-18(20(25)26)23-19(24)11-1-2-12-9-27-10-14(12)5-11/h1-5,7-8,18,22H,6,9-10H2,(H,23,24)(H,25,26). The molecule has 0 aliphatic carbocycles. The summed E-state index contributed by atoms with van der Waals surface area (Å²) in [6.07, 6.45) is 1.72. The molecule has 0 saturated carbocycles. The van der Waals surface area contributed by atoms with Crippen LogP contribution >= 0.6 is 0 Å². The van der Waals surface area contributed by atoms with Crippen LogP contribution in [0.5, 0.6) is 0 Å². The van der Waals surface area contributed by atoms with Crippen molar-refractivity contribution in [3.63, 3.8) is 0 Å². The first-order valence-corrected chi connectivity index (χ1v) is 8.50. The number of carbonyl (C=O) groups excluding carboxylic acids is 1. The highest BCUT2D eigenvalue weighted by Gasteiger charge is 2.23. The summed E-state index contributed by atoms with van der Waals surface area (Å²) in [7, 11) is 0. The van der Waals surface area contributed by atoms with Crippen LogP contribution in [0, 0.1) is 5.82 Å². The minimum Gasteiger partial charge on any atom is -0.480 e. The summed E-state index contributed by atoms with van der Waals surface area (Å²) in [6.45, 7) is 0.973. The van der Waals surface area contributed by atoms with Gasteiger partial charge < -0.3 is 20.1 Å². The van der Waals surface area contributed by atoms with Crippen LogP contribution in [0.25, 0.3) is 10.9 Å². The van der Waals surface area contributed by atoms with Gasteiger partial charge in [0.15, 0.2) is 0 Å². The fourth-order valence-corrected chi connectivity index (χ4v) is 3.30. The SMILES string of the molecule is O=C(NC(Cc1c[nH]c2cc(F)ccc12)C(=O)O)c1ccc2c(c1)COC2. The molecular weight excluding hydrogens is 351 g/mol. The molecule has 1 unspecified atom stereocenters. The lowest BCUT2D eigenvalue weighted by atomic mass is 10.0. The van der Waals surface area contributed by atoms with E-state index in [4.69, 9.17) is 4.74 Å². The zero-order valence-corrected chi connectivity index (χ0v) is 14.3. The predicted molar refractivity (Wildman–Crippen MR) is 95.8 cm³/mol. The predicted octanol–water partition coefficient (Wildman–Crippen LogP) is 2.76. The lowest BCUT2D eigenvalue weighted by Gasteiger charge is -2.15. The number of fused-ring (bicyclic) bond motifs is 2. The molecule has 0 radical (unpaired) electrons. The van der Waals surface area contributed by atoms with Crippen LogP contribution in [0.15, 0.2) is 42.6 Å². The van der Waals surface area contributed by atoms with Gasteiger partial charge in [-0.2, -0.15) is 0 Å². The molecule has 0 fully saturated rings. The summed E-state index contributed by atoms with van der Waals surface area (Å²) >= 11 is 0. The summed E-state index contributed by atoms with van der Waals surface area (Å²) in [5.74, 6) is -1.97. The van der Waals surface area contributed by atoms with Gasteiger partial charge in [0, 0.05) is 29.1 Å². The molecule has 3 aromatic rings. The highest BCUT2D eigenvalue weighted by Crippen LogP contribution is 2.22. The van der Waals surface area contributed by atoms with Crippen molar-refractivity contribution in [1.29, 1.82) is 0 Å². The van der Waals surface area contributed by atoms with Crippen molar-refractivity contribution in [3.8, 4) is 0 Å². The summed E-state index contributed by atoms with van der Waals surface area (Å²) < 4.78 is 18.6. The number of carboxylic acid groups (broad SMARTS) is 1. The smallest absolute Gasteiger partial charge is 0.326 e. The molecule has 2 heterocycles.